The van der Waals surface area contributed by atoms with E-state index in [1.54, 1.807) is 0 Å². The molecule has 0 aliphatic carbocycles. The molecule has 11 heavy (non-hydrogen) atoms. The van der Waals surface area contributed by atoms with E-state index in [0.29, 0.717) is 0 Å². The Labute approximate surface area is 63.2 Å². The molecule has 1 amide bonds. The van der Waals surface area contributed by atoms with E-state index in [1.165, 1.54) is 7.05 Å². The molecule has 0 unspecified atom stereocenters. The smallest absolute Gasteiger partial charge is 0.225 e. The highest BCUT2D eigenvalue weighted by atomic mass is 16.4. The average Bonchev–Trinajstić information content (AvgIpc) is 2.18. The van der Waals surface area contributed by atoms with Gasteiger partial charge in [0.1, 0.15) is 0 Å². The van der Waals surface area contributed by atoms with E-state index in [9.17, 15) is 19.8 Å². The predicted octanol–water partition coefficient (Wildman–Crippen LogP) is -2.32. The van der Waals surface area contributed by atoms with Gasteiger partial charge in [-0.15, -0.1) is 0 Å². The molecular formula is C6H8NO4-. The first-order chi connectivity index (χ1) is 4.98. The molecule has 0 bridgehead atoms. The number of carboxylic acids is 1. The van der Waals surface area contributed by atoms with Crippen molar-refractivity contribution < 1.29 is 19.8 Å². The van der Waals surface area contributed by atoms with E-state index in [1.807, 2.05) is 0 Å². The van der Waals surface area contributed by atoms with Crippen molar-refractivity contribution in [3.63, 3.8) is 0 Å². The highest BCUT2D eigenvalue weighted by molar-refractivity contribution is 5.88. The second-order valence-electron chi connectivity index (χ2n) is 2.56. The topological polar surface area (TPSA) is 80.7 Å². The fraction of sp³-hybridized carbons (Fsp3) is 0.667. The van der Waals surface area contributed by atoms with Crippen LogP contribution in [0.4, 0.5) is 0 Å². The number of rotatable bonds is 1. The van der Waals surface area contributed by atoms with Crippen LogP contribution in [-0.4, -0.2) is 34.7 Å². The molecule has 5 heteroatoms. The van der Waals surface area contributed by atoms with Gasteiger partial charge in [0, 0.05) is 19.9 Å². The quantitative estimate of drug-likeness (QED) is 0.464. The monoisotopic (exact) mass is 158 g/mol. The third kappa shape index (κ3) is 0.970. The summed E-state index contributed by atoms with van der Waals surface area (Å²) >= 11 is 0. The van der Waals surface area contributed by atoms with Gasteiger partial charge in [0.15, 0.2) is 5.72 Å². The second kappa shape index (κ2) is 2.20. The van der Waals surface area contributed by atoms with Gasteiger partial charge >= 0.3 is 0 Å². The van der Waals surface area contributed by atoms with Crippen molar-refractivity contribution >= 4 is 11.9 Å². The zero-order valence-electron chi connectivity index (χ0n) is 6.03. The molecule has 0 aromatic heterocycles. The van der Waals surface area contributed by atoms with Crippen molar-refractivity contribution in [1.82, 2.24) is 4.90 Å². The van der Waals surface area contributed by atoms with Crippen LogP contribution in [0.5, 0.6) is 0 Å². The molecule has 1 heterocycles. The van der Waals surface area contributed by atoms with Crippen molar-refractivity contribution in [2.45, 2.75) is 18.6 Å². The molecule has 0 spiro atoms. The summed E-state index contributed by atoms with van der Waals surface area (Å²) in [5, 5.41) is 19.6. The SMILES string of the molecule is CN1C(=O)CC[C@@]1(O)C(=O)[O-]. The van der Waals surface area contributed by atoms with E-state index >= 15 is 0 Å². The number of amides is 1. The Morgan fingerprint density at radius 2 is 2.36 bits per heavy atom. The maximum absolute atomic E-state index is 10.8. The van der Waals surface area contributed by atoms with Crippen molar-refractivity contribution in [1.29, 1.82) is 0 Å². The lowest BCUT2D eigenvalue weighted by molar-refractivity contribution is -0.332. The first-order valence-electron chi connectivity index (χ1n) is 3.19. The number of carboxylic acid groups (broad SMARTS) is 1. The molecule has 1 aliphatic heterocycles. The Kier molecular flexibility index (Phi) is 1.60. The molecule has 1 rings (SSSR count). The van der Waals surface area contributed by atoms with E-state index < -0.39 is 11.7 Å². The normalized spacial score (nSPS) is 31.1. The van der Waals surface area contributed by atoms with E-state index in [4.69, 9.17) is 0 Å². The van der Waals surface area contributed by atoms with E-state index in [0.717, 1.165) is 4.90 Å². The minimum Gasteiger partial charge on any atom is -0.545 e. The summed E-state index contributed by atoms with van der Waals surface area (Å²) in [6.45, 7) is 0. The highest BCUT2D eigenvalue weighted by Gasteiger charge is 2.42. The van der Waals surface area contributed by atoms with Crippen molar-refractivity contribution in [3.05, 3.63) is 0 Å². The van der Waals surface area contributed by atoms with Crippen LogP contribution in [0.15, 0.2) is 0 Å². The number of carbonyl (C=O) groups excluding carboxylic acids is 2. The van der Waals surface area contributed by atoms with Gasteiger partial charge in [0.25, 0.3) is 0 Å². The van der Waals surface area contributed by atoms with Crippen LogP contribution in [0.3, 0.4) is 0 Å². The third-order valence-corrected chi connectivity index (χ3v) is 1.94. The number of nitrogens with zero attached hydrogens (tertiary/aromatic N) is 1. The highest BCUT2D eigenvalue weighted by Crippen LogP contribution is 2.24. The Morgan fingerprint density at radius 3 is 2.55 bits per heavy atom. The summed E-state index contributed by atoms with van der Waals surface area (Å²) in [4.78, 5) is 21.9. The van der Waals surface area contributed by atoms with Gasteiger partial charge in [0.05, 0.1) is 5.97 Å². The molecule has 1 fully saturated rings. The number of aliphatic hydroxyl groups is 1. The van der Waals surface area contributed by atoms with Crippen LogP contribution in [-0.2, 0) is 9.59 Å². The lowest BCUT2D eigenvalue weighted by atomic mass is 10.1. The minimum absolute atomic E-state index is 0.0565. The summed E-state index contributed by atoms with van der Waals surface area (Å²) in [5.74, 6) is -2.00. The molecule has 0 saturated carbocycles. The maximum Gasteiger partial charge on any atom is 0.225 e. The third-order valence-electron chi connectivity index (χ3n) is 1.94. The van der Waals surface area contributed by atoms with Gasteiger partial charge in [-0.25, -0.2) is 0 Å². The molecule has 1 atom stereocenters. The molecule has 0 aromatic rings. The van der Waals surface area contributed by atoms with Gasteiger partial charge in [-0.2, -0.15) is 0 Å². The van der Waals surface area contributed by atoms with Gasteiger partial charge < -0.3 is 19.9 Å². The summed E-state index contributed by atoms with van der Waals surface area (Å²) < 4.78 is 0. The molecular weight excluding hydrogens is 150 g/mol. The van der Waals surface area contributed by atoms with E-state index in [-0.39, 0.29) is 18.7 Å². The van der Waals surface area contributed by atoms with Gasteiger partial charge in [-0.3, -0.25) is 4.79 Å². The Hall–Kier alpha value is -1.10. The molecule has 5 nitrogen and oxygen atoms in total. The number of hydrogen-bond donors (Lipinski definition) is 1. The fourth-order valence-electron chi connectivity index (χ4n) is 1.06. The van der Waals surface area contributed by atoms with Gasteiger partial charge in [0.2, 0.25) is 5.91 Å². The number of hydrogen-bond acceptors (Lipinski definition) is 4. The summed E-state index contributed by atoms with van der Waals surface area (Å²) in [6, 6.07) is 0. The van der Waals surface area contributed by atoms with E-state index in [2.05, 4.69) is 0 Å². The van der Waals surface area contributed by atoms with Crippen molar-refractivity contribution in [3.8, 4) is 0 Å². The van der Waals surface area contributed by atoms with Crippen LogP contribution >= 0.6 is 0 Å². The maximum atomic E-state index is 10.8. The first-order valence-corrected chi connectivity index (χ1v) is 3.19. The Morgan fingerprint density at radius 1 is 1.82 bits per heavy atom. The molecule has 1 aliphatic rings. The molecule has 0 radical (unpaired) electrons. The Bertz CT molecular complexity index is 215. The zero-order valence-corrected chi connectivity index (χ0v) is 6.03. The lowest BCUT2D eigenvalue weighted by Gasteiger charge is -2.30. The molecule has 0 aromatic carbocycles. The van der Waals surface area contributed by atoms with Gasteiger partial charge in [-0.1, -0.05) is 0 Å². The number of aliphatic carboxylic acids is 1. The second-order valence-corrected chi connectivity index (χ2v) is 2.56. The minimum atomic E-state index is -2.09. The summed E-state index contributed by atoms with van der Waals surface area (Å²) in [7, 11) is 1.24. The van der Waals surface area contributed by atoms with Gasteiger partial charge in [-0.05, 0) is 0 Å². The summed E-state index contributed by atoms with van der Waals surface area (Å²) in [6.07, 6.45) is -0.0361. The lowest BCUT2D eigenvalue weighted by Crippen LogP contribution is -2.56. The first kappa shape index (κ1) is 8.00. The predicted molar refractivity (Wildman–Crippen MR) is 32.0 cm³/mol. The Balaban J connectivity index is 2.89. The number of carbonyl (C=O) groups is 2. The van der Waals surface area contributed by atoms with Crippen molar-refractivity contribution in [2.24, 2.45) is 0 Å². The number of likely N-dealkylation sites (tertiary alicyclic amines) is 1. The van der Waals surface area contributed by atoms with Crippen LogP contribution < -0.4 is 5.11 Å². The summed E-state index contributed by atoms with van der Waals surface area (Å²) in [5.41, 5.74) is -2.09. The molecule has 1 saturated heterocycles. The number of likely N-dealkylation sites (N-methyl/N-ethyl adjacent to an activating group) is 1. The molecule has 62 valence electrons. The van der Waals surface area contributed by atoms with Crippen molar-refractivity contribution in [2.75, 3.05) is 7.05 Å². The van der Waals surface area contributed by atoms with Crippen LogP contribution in [0.2, 0.25) is 0 Å². The fourth-order valence-corrected chi connectivity index (χ4v) is 1.06. The van der Waals surface area contributed by atoms with Crippen LogP contribution in [0.1, 0.15) is 12.8 Å². The molecule has 1 N–H and O–H groups in total. The largest absolute Gasteiger partial charge is 0.545 e. The average molecular weight is 158 g/mol. The zero-order chi connectivity index (χ0) is 8.65. The van der Waals surface area contributed by atoms with Crippen LogP contribution in [0.25, 0.3) is 0 Å². The standard InChI is InChI=1S/C6H9NO4/c1-7-4(8)2-3-6(7,11)5(9)10/h11H,2-3H2,1H3,(H,9,10)/p-1/t6-/m1/s1. The van der Waals surface area contributed by atoms with Crippen LogP contribution in [0, 0.1) is 0 Å².